The summed E-state index contributed by atoms with van der Waals surface area (Å²) >= 11 is 0. The summed E-state index contributed by atoms with van der Waals surface area (Å²) in [4.78, 5) is 0. The average Bonchev–Trinajstić information content (AvgIpc) is 2.62. The highest BCUT2D eigenvalue weighted by Gasteiger charge is 2.22. The first-order valence-electron chi connectivity index (χ1n) is 6.38. The molecule has 0 radical (unpaired) electrons. The second-order valence-corrected chi connectivity index (χ2v) is 5.04. The van der Waals surface area contributed by atoms with Crippen molar-refractivity contribution in [1.82, 2.24) is 15.1 Å². The molecule has 1 atom stereocenters. The summed E-state index contributed by atoms with van der Waals surface area (Å²) in [7, 11) is 3.72. The van der Waals surface area contributed by atoms with Crippen molar-refractivity contribution in [3.05, 3.63) is 52.1 Å². The van der Waals surface area contributed by atoms with Crippen molar-refractivity contribution in [3.63, 3.8) is 0 Å². The molecule has 0 saturated heterocycles. The number of benzene rings is 1. The van der Waals surface area contributed by atoms with Gasteiger partial charge in [-0.25, -0.2) is 4.39 Å². The van der Waals surface area contributed by atoms with Crippen molar-refractivity contribution >= 4 is 0 Å². The summed E-state index contributed by atoms with van der Waals surface area (Å²) in [6.07, 6.45) is 1.94. The van der Waals surface area contributed by atoms with Crippen LogP contribution in [0.2, 0.25) is 0 Å². The predicted molar refractivity (Wildman–Crippen MR) is 74.7 cm³/mol. The van der Waals surface area contributed by atoms with Gasteiger partial charge in [-0.1, -0.05) is 6.07 Å². The number of aryl methyl sites for hydroxylation is 4. The molecule has 19 heavy (non-hydrogen) atoms. The van der Waals surface area contributed by atoms with Gasteiger partial charge in [0.25, 0.3) is 0 Å². The van der Waals surface area contributed by atoms with E-state index in [1.54, 1.807) is 10.7 Å². The number of hydrogen-bond donors (Lipinski definition) is 1. The molecule has 3 nitrogen and oxygen atoms in total. The number of nitrogens with one attached hydrogen (secondary N) is 1. The summed E-state index contributed by atoms with van der Waals surface area (Å²) in [5.41, 5.74) is 4.53. The van der Waals surface area contributed by atoms with Crippen molar-refractivity contribution in [2.45, 2.75) is 26.8 Å². The van der Waals surface area contributed by atoms with Crippen LogP contribution in [0.5, 0.6) is 0 Å². The highest BCUT2D eigenvalue weighted by molar-refractivity contribution is 5.40. The van der Waals surface area contributed by atoms with Gasteiger partial charge in [0.15, 0.2) is 0 Å². The summed E-state index contributed by atoms with van der Waals surface area (Å²) in [5.74, 6) is -0.167. The quantitative estimate of drug-likeness (QED) is 0.920. The molecule has 1 heterocycles. The Labute approximate surface area is 113 Å². The molecule has 0 bridgehead atoms. The van der Waals surface area contributed by atoms with Gasteiger partial charge < -0.3 is 5.32 Å². The lowest BCUT2D eigenvalue weighted by Crippen LogP contribution is -2.20. The van der Waals surface area contributed by atoms with E-state index in [0.29, 0.717) is 5.56 Å². The molecule has 0 fully saturated rings. The first-order valence-corrected chi connectivity index (χ1v) is 6.38. The number of hydrogen-bond acceptors (Lipinski definition) is 2. The SMILES string of the molecule is CNC(c1cn(C)nc1C)c1c(C)cc(C)cc1F. The molecule has 1 N–H and O–H groups in total. The Bertz CT molecular complexity index is 578. The smallest absolute Gasteiger partial charge is 0.128 e. The third-order valence-corrected chi connectivity index (χ3v) is 3.42. The molecule has 1 unspecified atom stereocenters. The standard InChI is InChI=1S/C15H20FN3/c1-9-6-10(2)14(13(16)7-9)15(17-4)12-8-19(5)18-11(12)3/h6-8,15,17H,1-5H3. The second kappa shape index (κ2) is 5.13. The molecular weight excluding hydrogens is 241 g/mol. The van der Waals surface area contributed by atoms with Crippen LogP contribution >= 0.6 is 0 Å². The second-order valence-electron chi connectivity index (χ2n) is 5.04. The van der Waals surface area contributed by atoms with Gasteiger partial charge in [0.05, 0.1) is 11.7 Å². The van der Waals surface area contributed by atoms with Gasteiger partial charge in [0.2, 0.25) is 0 Å². The Hall–Kier alpha value is -1.68. The van der Waals surface area contributed by atoms with Crippen molar-refractivity contribution in [3.8, 4) is 0 Å². The fourth-order valence-electron chi connectivity index (χ4n) is 2.65. The van der Waals surface area contributed by atoms with E-state index in [0.717, 1.165) is 22.4 Å². The third-order valence-electron chi connectivity index (χ3n) is 3.42. The number of aromatic nitrogens is 2. The minimum absolute atomic E-state index is 0.167. The Morgan fingerprint density at radius 3 is 2.42 bits per heavy atom. The van der Waals surface area contributed by atoms with Crippen LogP contribution in [0.15, 0.2) is 18.3 Å². The van der Waals surface area contributed by atoms with E-state index in [2.05, 4.69) is 10.4 Å². The lowest BCUT2D eigenvalue weighted by Gasteiger charge is -2.19. The normalized spacial score (nSPS) is 12.7. The van der Waals surface area contributed by atoms with Gasteiger partial charge in [0, 0.05) is 24.4 Å². The van der Waals surface area contributed by atoms with Crippen molar-refractivity contribution in [2.24, 2.45) is 7.05 Å². The number of rotatable bonds is 3. The predicted octanol–water partition coefficient (Wildman–Crippen LogP) is 2.79. The van der Waals surface area contributed by atoms with Crippen molar-refractivity contribution < 1.29 is 4.39 Å². The highest BCUT2D eigenvalue weighted by atomic mass is 19.1. The van der Waals surface area contributed by atoms with Gasteiger partial charge >= 0.3 is 0 Å². The molecule has 2 rings (SSSR count). The lowest BCUT2D eigenvalue weighted by atomic mass is 9.93. The number of nitrogens with zero attached hydrogens (tertiary/aromatic N) is 2. The molecule has 4 heteroatoms. The van der Waals surface area contributed by atoms with Crippen molar-refractivity contribution in [2.75, 3.05) is 7.05 Å². The van der Waals surface area contributed by atoms with E-state index in [1.165, 1.54) is 0 Å². The van der Waals surface area contributed by atoms with Gasteiger partial charge in [-0.15, -0.1) is 0 Å². The first-order chi connectivity index (χ1) is 8.93. The van der Waals surface area contributed by atoms with Gasteiger partial charge in [0.1, 0.15) is 5.82 Å². The molecular formula is C15H20FN3. The summed E-state index contributed by atoms with van der Waals surface area (Å²) in [5, 5.41) is 7.53. The number of halogens is 1. The van der Waals surface area contributed by atoms with Crippen LogP contribution in [-0.4, -0.2) is 16.8 Å². The fourth-order valence-corrected chi connectivity index (χ4v) is 2.65. The summed E-state index contributed by atoms with van der Waals surface area (Å²) in [6.45, 7) is 5.80. The molecule has 0 aliphatic heterocycles. The lowest BCUT2D eigenvalue weighted by molar-refractivity contribution is 0.571. The Kier molecular flexibility index (Phi) is 3.71. The van der Waals surface area contributed by atoms with Gasteiger partial charge in [-0.3, -0.25) is 4.68 Å². The molecule has 0 spiro atoms. The molecule has 0 amide bonds. The Balaban J connectivity index is 2.57. The minimum Gasteiger partial charge on any atom is -0.309 e. The van der Waals surface area contributed by atoms with E-state index in [1.807, 2.05) is 47.1 Å². The van der Waals surface area contributed by atoms with Crippen LogP contribution in [0.1, 0.15) is 34.0 Å². The largest absolute Gasteiger partial charge is 0.309 e. The molecule has 102 valence electrons. The van der Waals surface area contributed by atoms with Crippen molar-refractivity contribution in [1.29, 1.82) is 0 Å². The minimum atomic E-state index is -0.172. The van der Waals surface area contributed by atoms with E-state index in [4.69, 9.17) is 0 Å². The summed E-state index contributed by atoms with van der Waals surface area (Å²) < 4.78 is 16.1. The zero-order valence-electron chi connectivity index (χ0n) is 12.1. The monoisotopic (exact) mass is 261 g/mol. The van der Waals surface area contributed by atoms with Crippen LogP contribution in [0.25, 0.3) is 0 Å². The molecule has 2 aromatic rings. The van der Waals surface area contributed by atoms with Crippen LogP contribution in [0.3, 0.4) is 0 Å². The maximum absolute atomic E-state index is 14.3. The molecule has 0 saturated carbocycles. The van der Waals surface area contributed by atoms with Gasteiger partial charge in [-0.05, 0) is 45.0 Å². The zero-order chi connectivity index (χ0) is 14.2. The highest BCUT2D eigenvalue weighted by Crippen LogP contribution is 2.29. The van der Waals surface area contributed by atoms with Crippen LogP contribution in [0, 0.1) is 26.6 Å². The van der Waals surface area contributed by atoms with E-state index >= 15 is 0 Å². The zero-order valence-corrected chi connectivity index (χ0v) is 12.1. The Morgan fingerprint density at radius 1 is 1.26 bits per heavy atom. The van der Waals surface area contributed by atoms with Crippen LogP contribution in [-0.2, 0) is 7.05 Å². The molecule has 0 aliphatic rings. The summed E-state index contributed by atoms with van der Waals surface area (Å²) in [6, 6.07) is 3.42. The maximum atomic E-state index is 14.3. The van der Waals surface area contributed by atoms with Gasteiger partial charge in [-0.2, -0.15) is 5.10 Å². The van der Waals surface area contributed by atoms with E-state index < -0.39 is 0 Å². The van der Waals surface area contributed by atoms with E-state index in [-0.39, 0.29) is 11.9 Å². The third kappa shape index (κ3) is 2.54. The van der Waals surface area contributed by atoms with Crippen LogP contribution in [0.4, 0.5) is 4.39 Å². The topological polar surface area (TPSA) is 29.9 Å². The Morgan fingerprint density at radius 2 is 1.95 bits per heavy atom. The maximum Gasteiger partial charge on any atom is 0.128 e. The molecule has 1 aromatic carbocycles. The van der Waals surface area contributed by atoms with E-state index in [9.17, 15) is 4.39 Å². The first kappa shape index (κ1) is 13.7. The molecule has 1 aromatic heterocycles. The average molecular weight is 261 g/mol. The molecule has 0 aliphatic carbocycles. The fraction of sp³-hybridized carbons (Fsp3) is 0.400. The van der Waals surface area contributed by atoms with Crippen LogP contribution < -0.4 is 5.32 Å².